The molecule has 0 aromatic heterocycles. The number of nitrogens with one attached hydrogen (secondary N) is 1. The van der Waals surface area contributed by atoms with Gasteiger partial charge in [-0.05, 0) is 30.3 Å². The third kappa shape index (κ3) is 4.42. The normalized spacial score (nSPS) is 10.2. The van der Waals surface area contributed by atoms with Gasteiger partial charge in [-0.3, -0.25) is 4.79 Å². The maximum atomic E-state index is 13.1. The first-order valence-electron chi connectivity index (χ1n) is 6.66. The van der Waals surface area contributed by atoms with Crippen molar-refractivity contribution in [2.24, 2.45) is 0 Å². The monoisotopic (exact) mass is 355 g/mol. The Morgan fingerprint density at radius 1 is 1.12 bits per heavy atom. The lowest BCUT2D eigenvalue weighted by molar-refractivity contribution is -0.118. The van der Waals surface area contributed by atoms with Gasteiger partial charge in [-0.15, -0.1) is 0 Å². The smallest absolute Gasteiger partial charge is 0.337 e. The van der Waals surface area contributed by atoms with Gasteiger partial charge in [-0.25, -0.2) is 13.6 Å². The lowest BCUT2D eigenvalue weighted by atomic mass is 10.2. The number of hydrogen-bond donors (Lipinski definition) is 1. The summed E-state index contributed by atoms with van der Waals surface area (Å²) in [4.78, 5) is 23.1. The van der Waals surface area contributed by atoms with Gasteiger partial charge in [-0.2, -0.15) is 0 Å². The average molecular weight is 356 g/mol. The van der Waals surface area contributed by atoms with Crippen molar-refractivity contribution in [3.63, 3.8) is 0 Å². The maximum Gasteiger partial charge on any atom is 0.337 e. The van der Waals surface area contributed by atoms with Gasteiger partial charge < -0.3 is 14.8 Å². The van der Waals surface area contributed by atoms with Crippen LogP contribution in [0, 0.1) is 11.6 Å². The Morgan fingerprint density at radius 3 is 2.50 bits per heavy atom. The molecule has 0 saturated heterocycles. The highest BCUT2D eigenvalue weighted by Gasteiger charge is 2.11. The first kappa shape index (κ1) is 17.7. The number of halogens is 3. The number of carbonyl (C=O) groups excluding carboxylic acids is 2. The minimum absolute atomic E-state index is 0.0923. The molecule has 0 unspecified atom stereocenters. The number of rotatable bonds is 5. The fourth-order valence-corrected chi connectivity index (χ4v) is 2.01. The van der Waals surface area contributed by atoms with Gasteiger partial charge in [0, 0.05) is 11.8 Å². The second kappa shape index (κ2) is 7.74. The highest BCUT2D eigenvalue weighted by Crippen LogP contribution is 2.25. The van der Waals surface area contributed by atoms with Gasteiger partial charge in [0.1, 0.15) is 5.75 Å². The zero-order valence-electron chi connectivity index (χ0n) is 12.4. The van der Waals surface area contributed by atoms with E-state index in [0.717, 1.165) is 12.1 Å². The number of benzene rings is 2. The molecule has 5 nitrogen and oxygen atoms in total. The first-order valence-corrected chi connectivity index (χ1v) is 7.04. The Morgan fingerprint density at radius 2 is 1.88 bits per heavy atom. The standard InChI is InChI=1S/C16H12ClF2NO4/c1-23-16(22)9-2-5-14(11(17)6-9)24-8-15(21)20-10-3-4-12(18)13(19)7-10/h2-7H,8H2,1H3,(H,20,21). The quantitative estimate of drug-likeness (QED) is 0.835. The lowest BCUT2D eigenvalue weighted by Gasteiger charge is -2.10. The molecule has 0 radical (unpaired) electrons. The molecule has 0 aliphatic rings. The molecule has 1 amide bonds. The largest absolute Gasteiger partial charge is 0.482 e. The summed E-state index contributed by atoms with van der Waals surface area (Å²) in [6.07, 6.45) is 0. The van der Waals surface area contributed by atoms with Gasteiger partial charge in [0.05, 0.1) is 17.7 Å². The van der Waals surface area contributed by atoms with Crippen LogP contribution in [-0.4, -0.2) is 25.6 Å². The number of hydrogen-bond acceptors (Lipinski definition) is 4. The molecule has 0 saturated carbocycles. The molecule has 2 aromatic rings. The van der Waals surface area contributed by atoms with Crippen molar-refractivity contribution in [2.75, 3.05) is 19.0 Å². The van der Waals surface area contributed by atoms with E-state index in [4.69, 9.17) is 16.3 Å². The SMILES string of the molecule is COC(=O)c1ccc(OCC(=O)Nc2ccc(F)c(F)c2)c(Cl)c1. The van der Waals surface area contributed by atoms with E-state index in [9.17, 15) is 18.4 Å². The van der Waals surface area contributed by atoms with Crippen LogP contribution in [0.5, 0.6) is 5.75 Å². The van der Waals surface area contributed by atoms with Crippen molar-refractivity contribution in [3.05, 3.63) is 58.6 Å². The maximum absolute atomic E-state index is 13.1. The molecule has 0 aliphatic carbocycles. The molecular weight excluding hydrogens is 344 g/mol. The second-order valence-corrected chi connectivity index (χ2v) is 5.01. The molecule has 126 valence electrons. The Kier molecular flexibility index (Phi) is 5.70. The predicted molar refractivity (Wildman–Crippen MR) is 83.3 cm³/mol. The highest BCUT2D eigenvalue weighted by atomic mass is 35.5. The summed E-state index contributed by atoms with van der Waals surface area (Å²) in [5.74, 6) is -3.05. The highest BCUT2D eigenvalue weighted by molar-refractivity contribution is 6.32. The van der Waals surface area contributed by atoms with Crippen molar-refractivity contribution in [1.29, 1.82) is 0 Å². The van der Waals surface area contributed by atoms with E-state index in [1.165, 1.54) is 31.4 Å². The van der Waals surface area contributed by atoms with Crippen LogP contribution < -0.4 is 10.1 Å². The number of methoxy groups -OCH3 is 1. The van der Waals surface area contributed by atoms with E-state index < -0.39 is 30.1 Å². The van der Waals surface area contributed by atoms with Gasteiger partial charge in [-0.1, -0.05) is 11.6 Å². The van der Waals surface area contributed by atoms with E-state index in [1.807, 2.05) is 0 Å². The molecule has 0 bridgehead atoms. The van der Waals surface area contributed by atoms with E-state index in [-0.39, 0.29) is 22.0 Å². The molecule has 0 spiro atoms. The zero-order chi connectivity index (χ0) is 17.7. The molecule has 0 fully saturated rings. The van der Waals surface area contributed by atoms with E-state index >= 15 is 0 Å². The molecule has 0 heterocycles. The minimum atomic E-state index is -1.07. The van der Waals surface area contributed by atoms with Crippen LogP contribution in [-0.2, 0) is 9.53 Å². The third-order valence-electron chi connectivity index (χ3n) is 2.92. The number of amides is 1. The van der Waals surface area contributed by atoms with Crippen LogP contribution >= 0.6 is 11.6 Å². The minimum Gasteiger partial charge on any atom is -0.482 e. The van der Waals surface area contributed by atoms with Crippen LogP contribution in [0.15, 0.2) is 36.4 Å². The first-order chi connectivity index (χ1) is 11.4. The Labute approximate surface area is 141 Å². The van der Waals surface area contributed by atoms with Gasteiger partial charge >= 0.3 is 5.97 Å². The average Bonchev–Trinajstić information content (AvgIpc) is 2.56. The summed E-state index contributed by atoms with van der Waals surface area (Å²) in [5, 5.41) is 2.47. The van der Waals surface area contributed by atoms with Crippen LogP contribution in [0.2, 0.25) is 5.02 Å². The van der Waals surface area contributed by atoms with Crippen molar-refractivity contribution in [2.45, 2.75) is 0 Å². The van der Waals surface area contributed by atoms with Crippen molar-refractivity contribution >= 4 is 29.2 Å². The van der Waals surface area contributed by atoms with Gasteiger partial charge in [0.2, 0.25) is 0 Å². The summed E-state index contributed by atoms with van der Waals surface area (Å²) >= 11 is 5.96. The number of anilines is 1. The van der Waals surface area contributed by atoms with Crippen molar-refractivity contribution < 1.29 is 27.8 Å². The molecule has 2 aromatic carbocycles. The summed E-state index contributed by atoms with van der Waals surface area (Å²) in [6, 6.07) is 7.16. The van der Waals surface area contributed by atoms with Crippen LogP contribution in [0.4, 0.5) is 14.5 Å². The molecular formula is C16H12ClF2NO4. The number of carbonyl (C=O) groups is 2. The third-order valence-corrected chi connectivity index (χ3v) is 3.21. The number of ether oxygens (including phenoxy) is 2. The summed E-state index contributed by atoms with van der Waals surface area (Å²) in [7, 11) is 1.24. The van der Waals surface area contributed by atoms with Crippen LogP contribution in [0.25, 0.3) is 0 Å². The zero-order valence-corrected chi connectivity index (χ0v) is 13.2. The van der Waals surface area contributed by atoms with Gasteiger partial charge in [0.25, 0.3) is 5.91 Å². The molecule has 2 rings (SSSR count). The van der Waals surface area contributed by atoms with Crippen molar-refractivity contribution in [1.82, 2.24) is 0 Å². The summed E-state index contributed by atoms with van der Waals surface area (Å²) < 4.78 is 35.6. The van der Waals surface area contributed by atoms with E-state index in [2.05, 4.69) is 10.1 Å². The summed E-state index contributed by atoms with van der Waals surface area (Å²) in [5.41, 5.74) is 0.329. The van der Waals surface area contributed by atoms with E-state index in [0.29, 0.717) is 0 Å². The van der Waals surface area contributed by atoms with Crippen LogP contribution in [0.3, 0.4) is 0 Å². The fourth-order valence-electron chi connectivity index (χ4n) is 1.78. The Bertz CT molecular complexity index is 783. The van der Waals surface area contributed by atoms with Crippen molar-refractivity contribution in [3.8, 4) is 5.75 Å². The molecule has 0 aliphatic heterocycles. The predicted octanol–water partition coefficient (Wildman–Crippen LogP) is 3.42. The Hall–Kier alpha value is -2.67. The molecule has 8 heteroatoms. The molecule has 0 atom stereocenters. The van der Waals surface area contributed by atoms with E-state index in [1.54, 1.807) is 0 Å². The fraction of sp³-hybridized carbons (Fsp3) is 0.125. The summed E-state index contributed by atoms with van der Waals surface area (Å²) in [6.45, 7) is -0.406. The Balaban J connectivity index is 1.96. The number of esters is 1. The molecule has 1 N–H and O–H groups in total. The topological polar surface area (TPSA) is 64.6 Å². The second-order valence-electron chi connectivity index (χ2n) is 4.60. The molecule has 24 heavy (non-hydrogen) atoms. The van der Waals surface area contributed by atoms with Gasteiger partial charge in [0.15, 0.2) is 18.2 Å². The van der Waals surface area contributed by atoms with Crippen LogP contribution in [0.1, 0.15) is 10.4 Å². The lowest BCUT2D eigenvalue weighted by Crippen LogP contribution is -2.20.